The lowest BCUT2D eigenvalue weighted by atomic mass is 9.94. The molecule has 0 spiro atoms. The first-order valence-corrected chi connectivity index (χ1v) is 8.77. The van der Waals surface area contributed by atoms with Gasteiger partial charge >= 0.3 is 0 Å². The standard InChI is InChI=1S/C20H32N2O/c1-20(2,3)17-22-14-13-21(16-19(22)11-15-23)12-7-10-18-8-5-4-6-9-18/h4-10,19,23H,11-17H2,1-3H3. The molecule has 128 valence electrons. The molecule has 1 aliphatic rings. The number of aliphatic hydroxyl groups excluding tert-OH is 1. The second-order valence-corrected chi connectivity index (χ2v) is 7.77. The van der Waals surface area contributed by atoms with Crippen molar-refractivity contribution in [1.82, 2.24) is 9.80 Å². The molecule has 0 saturated carbocycles. The topological polar surface area (TPSA) is 26.7 Å². The zero-order valence-electron chi connectivity index (χ0n) is 14.9. The van der Waals surface area contributed by atoms with Crippen LogP contribution in [0.1, 0.15) is 32.8 Å². The first-order chi connectivity index (χ1) is 11.0. The van der Waals surface area contributed by atoms with E-state index in [1.54, 1.807) is 0 Å². The Morgan fingerprint density at radius 3 is 2.57 bits per heavy atom. The van der Waals surface area contributed by atoms with E-state index in [0.717, 1.165) is 39.1 Å². The fourth-order valence-electron chi connectivity index (χ4n) is 3.27. The molecule has 1 heterocycles. The molecule has 3 heteroatoms. The third-order valence-corrected chi connectivity index (χ3v) is 4.30. The number of hydrogen-bond donors (Lipinski definition) is 1. The minimum atomic E-state index is 0.277. The molecule has 1 saturated heterocycles. The zero-order valence-corrected chi connectivity index (χ0v) is 14.9. The van der Waals surface area contributed by atoms with E-state index in [0.29, 0.717) is 11.5 Å². The second-order valence-electron chi connectivity index (χ2n) is 7.77. The van der Waals surface area contributed by atoms with E-state index >= 15 is 0 Å². The van der Waals surface area contributed by atoms with Crippen molar-refractivity contribution in [2.24, 2.45) is 5.41 Å². The van der Waals surface area contributed by atoms with E-state index < -0.39 is 0 Å². The van der Waals surface area contributed by atoms with Gasteiger partial charge in [0.15, 0.2) is 0 Å². The normalized spacial score (nSPS) is 21.1. The fourth-order valence-corrected chi connectivity index (χ4v) is 3.27. The lowest BCUT2D eigenvalue weighted by molar-refractivity contribution is 0.0420. The molecular weight excluding hydrogens is 284 g/mol. The highest BCUT2D eigenvalue weighted by Crippen LogP contribution is 2.21. The Morgan fingerprint density at radius 1 is 1.17 bits per heavy atom. The molecule has 1 N–H and O–H groups in total. The Balaban J connectivity index is 1.87. The van der Waals surface area contributed by atoms with Crippen LogP contribution >= 0.6 is 0 Å². The lowest BCUT2D eigenvalue weighted by Crippen LogP contribution is -2.55. The Bertz CT molecular complexity index is 478. The predicted octanol–water partition coefficient (Wildman–Crippen LogP) is 3.11. The van der Waals surface area contributed by atoms with Crippen molar-refractivity contribution in [3.8, 4) is 0 Å². The summed E-state index contributed by atoms with van der Waals surface area (Å²) < 4.78 is 0. The summed E-state index contributed by atoms with van der Waals surface area (Å²) in [5.74, 6) is 0. The van der Waals surface area contributed by atoms with Gasteiger partial charge in [0.2, 0.25) is 0 Å². The van der Waals surface area contributed by atoms with Gasteiger partial charge in [-0.2, -0.15) is 0 Å². The first kappa shape index (κ1) is 18.2. The number of benzene rings is 1. The van der Waals surface area contributed by atoms with Crippen LogP contribution in [0.15, 0.2) is 36.4 Å². The van der Waals surface area contributed by atoms with Gasteiger partial charge in [-0.15, -0.1) is 0 Å². The van der Waals surface area contributed by atoms with E-state index in [1.165, 1.54) is 5.56 Å². The third-order valence-electron chi connectivity index (χ3n) is 4.30. The highest BCUT2D eigenvalue weighted by atomic mass is 16.3. The van der Waals surface area contributed by atoms with Gasteiger partial charge in [0, 0.05) is 45.4 Å². The van der Waals surface area contributed by atoms with Gasteiger partial charge in [0.25, 0.3) is 0 Å². The van der Waals surface area contributed by atoms with E-state index in [9.17, 15) is 5.11 Å². The molecule has 1 unspecified atom stereocenters. The van der Waals surface area contributed by atoms with Crippen LogP contribution in [0, 0.1) is 5.41 Å². The minimum absolute atomic E-state index is 0.277. The van der Waals surface area contributed by atoms with Crippen molar-refractivity contribution in [2.45, 2.75) is 33.2 Å². The van der Waals surface area contributed by atoms with Gasteiger partial charge in [0.05, 0.1) is 0 Å². The van der Waals surface area contributed by atoms with Gasteiger partial charge in [-0.25, -0.2) is 0 Å². The summed E-state index contributed by atoms with van der Waals surface area (Å²) in [6, 6.07) is 10.9. The summed E-state index contributed by atoms with van der Waals surface area (Å²) in [6.07, 6.45) is 5.32. The van der Waals surface area contributed by atoms with Gasteiger partial charge in [-0.05, 0) is 17.4 Å². The molecular formula is C20H32N2O. The van der Waals surface area contributed by atoms with Crippen LogP contribution in [-0.2, 0) is 0 Å². The quantitative estimate of drug-likeness (QED) is 0.873. The summed E-state index contributed by atoms with van der Waals surface area (Å²) >= 11 is 0. The summed E-state index contributed by atoms with van der Waals surface area (Å²) in [7, 11) is 0. The average molecular weight is 316 g/mol. The molecule has 0 aliphatic carbocycles. The molecule has 0 bridgehead atoms. The summed E-state index contributed by atoms with van der Waals surface area (Å²) in [4.78, 5) is 5.06. The Kier molecular flexibility index (Phi) is 6.82. The molecule has 1 aliphatic heterocycles. The fraction of sp³-hybridized carbons (Fsp3) is 0.600. The van der Waals surface area contributed by atoms with E-state index in [1.807, 2.05) is 6.07 Å². The monoisotopic (exact) mass is 316 g/mol. The molecule has 0 radical (unpaired) electrons. The van der Waals surface area contributed by atoms with Gasteiger partial charge in [-0.1, -0.05) is 63.3 Å². The van der Waals surface area contributed by atoms with Crippen molar-refractivity contribution in [1.29, 1.82) is 0 Å². The van der Waals surface area contributed by atoms with E-state index in [-0.39, 0.29) is 6.61 Å². The Morgan fingerprint density at radius 2 is 1.91 bits per heavy atom. The Labute approximate surface area is 141 Å². The summed E-state index contributed by atoms with van der Waals surface area (Å²) in [5.41, 5.74) is 1.56. The highest BCUT2D eigenvalue weighted by molar-refractivity contribution is 5.48. The molecule has 2 rings (SSSR count). The van der Waals surface area contributed by atoms with Gasteiger partial charge in [-0.3, -0.25) is 9.80 Å². The molecule has 3 nitrogen and oxygen atoms in total. The minimum Gasteiger partial charge on any atom is -0.396 e. The molecule has 0 aromatic heterocycles. The van der Waals surface area contributed by atoms with Crippen molar-refractivity contribution >= 4 is 6.08 Å². The van der Waals surface area contributed by atoms with Crippen LogP contribution in [0.3, 0.4) is 0 Å². The largest absolute Gasteiger partial charge is 0.396 e. The van der Waals surface area contributed by atoms with Crippen LogP contribution in [0.2, 0.25) is 0 Å². The van der Waals surface area contributed by atoms with E-state index in [4.69, 9.17) is 0 Å². The molecule has 1 aromatic rings. The lowest BCUT2D eigenvalue weighted by Gasteiger charge is -2.43. The van der Waals surface area contributed by atoms with Crippen LogP contribution in [0.5, 0.6) is 0 Å². The summed E-state index contributed by atoms with van der Waals surface area (Å²) in [5, 5.41) is 9.39. The van der Waals surface area contributed by atoms with Gasteiger partial charge in [0.1, 0.15) is 0 Å². The summed E-state index contributed by atoms with van der Waals surface area (Å²) in [6.45, 7) is 12.5. The van der Waals surface area contributed by atoms with Crippen LogP contribution in [0.4, 0.5) is 0 Å². The van der Waals surface area contributed by atoms with Crippen molar-refractivity contribution in [3.05, 3.63) is 42.0 Å². The smallest absolute Gasteiger partial charge is 0.0446 e. The maximum Gasteiger partial charge on any atom is 0.0446 e. The first-order valence-electron chi connectivity index (χ1n) is 8.77. The number of aliphatic hydroxyl groups is 1. The maximum absolute atomic E-state index is 9.39. The number of hydrogen-bond acceptors (Lipinski definition) is 3. The average Bonchev–Trinajstić information content (AvgIpc) is 2.50. The molecule has 0 amide bonds. The predicted molar refractivity (Wildman–Crippen MR) is 98.4 cm³/mol. The van der Waals surface area contributed by atoms with Crippen molar-refractivity contribution in [2.75, 3.05) is 39.3 Å². The SMILES string of the molecule is CC(C)(C)CN1CCN(CC=Cc2ccccc2)CC1CCO. The Hall–Kier alpha value is -1.16. The molecule has 1 atom stereocenters. The van der Waals surface area contributed by atoms with Crippen LogP contribution in [-0.4, -0.2) is 60.3 Å². The van der Waals surface area contributed by atoms with Crippen LogP contribution in [0.25, 0.3) is 6.08 Å². The van der Waals surface area contributed by atoms with Crippen LogP contribution < -0.4 is 0 Å². The number of nitrogens with zero attached hydrogens (tertiary/aromatic N) is 2. The molecule has 23 heavy (non-hydrogen) atoms. The van der Waals surface area contributed by atoms with Crippen molar-refractivity contribution in [3.63, 3.8) is 0 Å². The maximum atomic E-state index is 9.39. The molecule has 1 fully saturated rings. The third kappa shape index (κ3) is 6.46. The molecule has 1 aromatic carbocycles. The van der Waals surface area contributed by atoms with E-state index in [2.05, 4.69) is 67.0 Å². The highest BCUT2D eigenvalue weighted by Gasteiger charge is 2.28. The zero-order chi connectivity index (χ0) is 16.7. The number of piperazine rings is 1. The second kappa shape index (κ2) is 8.62. The number of rotatable bonds is 6. The van der Waals surface area contributed by atoms with Gasteiger partial charge < -0.3 is 5.11 Å². The van der Waals surface area contributed by atoms with Crippen molar-refractivity contribution < 1.29 is 5.11 Å².